The summed E-state index contributed by atoms with van der Waals surface area (Å²) < 4.78 is 38.9. The summed E-state index contributed by atoms with van der Waals surface area (Å²) in [5.74, 6) is -1.63. The van der Waals surface area contributed by atoms with E-state index in [2.05, 4.69) is 4.98 Å². The Kier molecular flexibility index (Phi) is 3.90. The maximum Gasteiger partial charge on any atom is 0.417 e. The summed E-state index contributed by atoms with van der Waals surface area (Å²) in [6.45, 7) is 0. The molecule has 0 radical (unpaired) electrons. The van der Waals surface area contributed by atoms with Crippen molar-refractivity contribution in [1.29, 1.82) is 5.26 Å². The molecule has 106 valence electrons. The first kappa shape index (κ1) is 14.7. The lowest BCUT2D eigenvalue weighted by Crippen LogP contribution is -2.12. The van der Waals surface area contributed by atoms with Gasteiger partial charge in [0.05, 0.1) is 16.9 Å². The van der Waals surface area contributed by atoms with Crippen LogP contribution in [0.25, 0.3) is 0 Å². The highest BCUT2D eigenvalue weighted by atomic mass is 32.2. The van der Waals surface area contributed by atoms with Crippen molar-refractivity contribution in [2.24, 2.45) is 0 Å². The minimum atomic E-state index is -4.66. The minimum absolute atomic E-state index is 0.0204. The van der Waals surface area contributed by atoms with Gasteiger partial charge in [-0.05, 0) is 18.9 Å². The van der Waals surface area contributed by atoms with E-state index in [-0.39, 0.29) is 16.6 Å². The van der Waals surface area contributed by atoms with Crippen molar-refractivity contribution in [3.05, 3.63) is 22.9 Å². The van der Waals surface area contributed by atoms with Crippen LogP contribution in [-0.2, 0) is 11.0 Å². The molecule has 0 atom stereocenters. The molecule has 4 nitrogen and oxygen atoms in total. The lowest BCUT2D eigenvalue weighted by molar-refractivity contribution is -0.138. The zero-order valence-electron chi connectivity index (χ0n) is 10.1. The van der Waals surface area contributed by atoms with Gasteiger partial charge in [0.1, 0.15) is 11.1 Å². The first-order valence-electron chi connectivity index (χ1n) is 5.69. The molecule has 0 bridgehead atoms. The number of aromatic nitrogens is 1. The van der Waals surface area contributed by atoms with Gasteiger partial charge in [0, 0.05) is 11.6 Å². The second-order valence-electron chi connectivity index (χ2n) is 4.34. The van der Waals surface area contributed by atoms with Gasteiger partial charge in [-0.15, -0.1) is 0 Å². The normalized spacial score (nSPS) is 14.9. The van der Waals surface area contributed by atoms with Gasteiger partial charge in [0.25, 0.3) is 0 Å². The Labute approximate surface area is 116 Å². The largest absolute Gasteiger partial charge is 0.481 e. The average Bonchev–Trinajstić information content (AvgIpc) is 3.18. The second-order valence-corrected chi connectivity index (χ2v) is 5.31. The van der Waals surface area contributed by atoms with E-state index in [1.165, 1.54) is 6.07 Å². The van der Waals surface area contributed by atoms with Gasteiger partial charge in [-0.3, -0.25) is 4.79 Å². The number of carbonyl (C=O) groups is 1. The smallest absolute Gasteiger partial charge is 0.417 e. The molecule has 0 saturated heterocycles. The molecule has 1 aliphatic carbocycles. The molecule has 0 spiro atoms. The number of carboxylic acid groups (broad SMARTS) is 1. The first-order valence-corrected chi connectivity index (χ1v) is 6.68. The Morgan fingerprint density at radius 3 is 2.65 bits per heavy atom. The van der Waals surface area contributed by atoms with Crippen LogP contribution >= 0.6 is 11.8 Å². The van der Waals surface area contributed by atoms with Crippen LogP contribution in [-0.4, -0.2) is 21.8 Å². The van der Waals surface area contributed by atoms with Crippen LogP contribution in [0.2, 0.25) is 0 Å². The number of hydrogen-bond donors (Lipinski definition) is 1. The number of pyridine rings is 1. The van der Waals surface area contributed by atoms with Crippen molar-refractivity contribution in [3.8, 4) is 6.07 Å². The quantitative estimate of drug-likeness (QED) is 0.865. The standard InChI is InChI=1S/C12H9F3N2O2S/c13-12(14,15)8-3-9(6-1-2-6)17-11(7(8)4-16)20-5-10(18)19/h3,6H,1-2,5H2,(H,18,19). The van der Waals surface area contributed by atoms with Crippen molar-refractivity contribution in [3.63, 3.8) is 0 Å². The number of rotatable bonds is 4. The van der Waals surface area contributed by atoms with E-state index in [4.69, 9.17) is 10.4 Å². The molecule has 0 aliphatic heterocycles. The minimum Gasteiger partial charge on any atom is -0.481 e. The molecule has 8 heteroatoms. The van der Waals surface area contributed by atoms with Crippen LogP contribution in [0.4, 0.5) is 13.2 Å². The number of hydrogen-bond acceptors (Lipinski definition) is 4. The van der Waals surface area contributed by atoms with E-state index in [1.54, 1.807) is 0 Å². The number of alkyl halides is 3. The summed E-state index contributed by atoms with van der Waals surface area (Å²) in [6, 6.07) is 2.39. The Balaban J connectivity index is 2.49. The molecule has 1 N–H and O–H groups in total. The van der Waals surface area contributed by atoms with Gasteiger partial charge in [-0.2, -0.15) is 18.4 Å². The predicted octanol–water partition coefficient (Wildman–Crippen LogP) is 3.03. The number of carboxylic acids is 1. The summed E-state index contributed by atoms with van der Waals surface area (Å²) in [7, 11) is 0. The zero-order valence-corrected chi connectivity index (χ0v) is 10.9. The number of aliphatic carboxylic acids is 1. The molecular formula is C12H9F3N2O2S. The molecule has 0 aromatic carbocycles. The SMILES string of the molecule is N#Cc1c(C(F)(F)F)cc(C2CC2)nc1SCC(=O)O. The van der Waals surface area contributed by atoms with Crippen LogP contribution < -0.4 is 0 Å². The Morgan fingerprint density at radius 1 is 1.55 bits per heavy atom. The molecule has 0 amide bonds. The maximum atomic E-state index is 13.0. The summed E-state index contributed by atoms with van der Waals surface area (Å²) in [5, 5.41) is 17.4. The zero-order chi connectivity index (χ0) is 14.9. The van der Waals surface area contributed by atoms with E-state index >= 15 is 0 Å². The number of thioether (sulfide) groups is 1. The highest BCUT2D eigenvalue weighted by Crippen LogP contribution is 2.43. The molecule has 1 saturated carbocycles. The molecule has 20 heavy (non-hydrogen) atoms. The molecule has 1 aliphatic rings. The van der Waals surface area contributed by atoms with Crippen LogP contribution in [0.15, 0.2) is 11.1 Å². The highest BCUT2D eigenvalue weighted by molar-refractivity contribution is 7.99. The molecule has 1 aromatic rings. The number of nitriles is 1. The third-order valence-electron chi connectivity index (χ3n) is 2.75. The molecule has 2 rings (SSSR count). The van der Waals surface area contributed by atoms with Crippen molar-refractivity contribution >= 4 is 17.7 Å². The topological polar surface area (TPSA) is 74.0 Å². The summed E-state index contributed by atoms with van der Waals surface area (Å²) in [4.78, 5) is 14.6. The van der Waals surface area contributed by atoms with Gasteiger partial charge in [0.2, 0.25) is 0 Å². The summed E-state index contributed by atoms with van der Waals surface area (Å²) in [6.07, 6.45) is -3.13. The van der Waals surface area contributed by atoms with E-state index in [0.717, 1.165) is 18.9 Å². The van der Waals surface area contributed by atoms with E-state index in [1.807, 2.05) is 0 Å². The number of halogens is 3. The fraction of sp³-hybridized carbons (Fsp3) is 0.417. The van der Waals surface area contributed by atoms with Crippen molar-refractivity contribution in [1.82, 2.24) is 4.98 Å². The molecule has 1 aromatic heterocycles. The van der Waals surface area contributed by atoms with Gasteiger partial charge in [-0.25, -0.2) is 4.98 Å². The monoisotopic (exact) mass is 302 g/mol. The first-order chi connectivity index (χ1) is 9.32. The maximum absolute atomic E-state index is 13.0. The van der Waals surface area contributed by atoms with E-state index in [9.17, 15) is 18.0 Å². The fourth-order valence-electron chi connectivity index (χ4n) is 1.70. The summed E-state index contributed by atoms with van der Waals surface area (Å²) in [5.41, 5.74) is -1.36. The lowest BCUT2D eigenvalue weighted by atomic mass is 10.1. The Bertz CT molecular complexity index is 592. The van der Waals surface area contributed by atoms with Gasteiger partial charge < -0.3 is 5.11 Å². The third-order valence-corrected chi connectivity index (χ3v) is 3.71. The van der Waals surface area contributed by atoms with Crippen molar-refractivity contribution in [2.45, 2.75) is 30.0 Å². The van der Waals surface area contributed by atoms with Crippen molar-refractivity contribution in [2.75, 3.05) is 5.75 Å². The Hall–Kier alpha value is -1.75. The fourth-order valence-corrected chi connectivity index (χ4v) is 2.43. The molecule has 1 heterocycles. The van der Waals surface area contributed by atoms with Gasteiger partial charge >= 0.3 is 12.1 Å². The molecule has 0 unspecified atom stereocenters. The summed E-state index contributed by atoms with van der Waals surface area (Å²) >= 11 is 0.636. The average molecular weight is 302 g/mol. The van der Waals surface area contributed by atoms with Gasteiger partial charge in [0.15, 0.2) is 0 Å². The molecular weight excluding hydrogens is 293 g/mol. The number of nitrogens with zero attached hydrogens (tertiary/aromatic N) is 2. The molecule has 1 fully saturated rings. The van der Waals surface area contributed by atoms with Crippen LogP contribution in [0.1, 0.15) is 35.6 Å². The van der Waals surface area contributed by atoms with Gasteiger partial charge in [-0.1, -0.05) is 11.8 Å². The van der Waals surface area contributed by atoms with E-state index < -0.39 is 29.0 Å². The van der Waals surface area contributed by atoms with E-state index in [0.29, 0.717) is 11.8 Å². The van der Waals surface area contributed by atoms with Crippen LogP contribution in [0.3, 0.4) is 0 Å². The Morgan fingerprint density at radius 2 is 2.20 bits per heavy atom. The van der Waals surface area contributed by atoms with Crippen molar-refractivity contribution < 1.29 is 23.1 Å². The third kappa shape index (κ3) is 3.22. The van der Waals surface area contributed by atoms with Crippen LogP contribution in [0.5, 0.6) is 0 Å². The second kappa shape index (κ2) is 5.32. The lowest BCUT2D eigenvalue weighted by Gasteiger charge is -2.13. The predicted molar refractivity (Wildman–Crippen MR) is 64.3 cm³/mol. The highest BCUT2D eigenvalue weighted by Gasteiger charge is 2.38. The van der Waals surface area contributed by atoms with Crippen LogP contribution in [0, 0.1) is 11.3 Å².